The highest BCUT2D eigenvalue weighted by Gasteiger charge is 2.26. The SMILES string of the molecule is CC(C)CC(NC(=O)OC(C)(C)C)C(=O)OC/C(N)=C/N. The van der Waals surface area contributed by atoms with Crippen LogP contribution in [0.1, 0.15) is 41.0 Å². The Bertz CT molecular complexity index is 386. The Hall–Kier alpha value is -1.92. The van der Waals surface area contributed by atoms with Crippen LogP contribution in [0.15, 0.2) is 11.9 Å². The van der Waals surface area contributed by atoms with Gasteiger partial charge in [-0.3, -0.25) is 0 Å². The lowest BCUT2D eigenvalue weighted by molar-refractivity contribution is -0.145. The van der Waals surface area contributed by atoms with E-state index in [1.54, 1.807) is 20.8 Å². The number of rotatable bonds is 6. The van der Waals surface area contributed by atoms with Crippen LogP contribution in [0.25, 0.3) is 0 Å². The van der Waals surface area contributed by atoms with Gasteiger partial charge in [0.1, 0.15) is 18.2 Å². The molecule has 5 N–H and O–H groups in total. The Morgan fingerprint density at radius 2 is 1.86 bits per heavy atom. The van der Waals surface area contributed by atoms with Crippen LogP contribution in [0.3, 0.4) is 0 Å². The van der Waals surface area contributed by atoms with Crippen LogP contribution in [0.5, 0.6) is 0 Å². The second kappa shape index (κ2) is 8.39. The Labute approximate surface area is 126 Å². The van der Waals surface area contributed by atoms with Crippen molar-refractivity contribution >= 4 is 12.1 Å². The van der Waals surface area contributed by atoms with Crippen LogP contribution in [0.2, 0.25) is 0 Å². The molecule has 0 saturated carbocycles. The standard InChI is InChI=1S/C14H27N3O4/c1-9(2)6-11(12(18)20-8-10(16)7-15)17-13(19)21-14(3,4)5/h7,9,11H,6,8,15-16H2,1-5H3,(H,17,19)/b10-7-. The van der Waals surface area contributed by atoms with Gasteiger partial charge in [0.15, 0.2) is 0 Å². The van der Waals surface area contributed by atoms with Crippen molar-refractivity contribution < 1.29 is 19.1 Å². The van der Waals surface area contributed by atoms with E-state index in [0.29, 0.717) is 6.42 Å². The summed E-state index contributed by atoms with van der Waals surface area (Å²) in [7, 11) is 0. The van der Waals surface area contributed by atoms with E-state index < -0.39 is 23.7 Å². The normalized spacial score (nSPS) is 13.7. The molecule has 122 valence electrons. The third-order valence-corrected chi connectivity index (χ3v) is 2.28. The maximum Gasteiger partial charge on any atom is 0.408 e. The Balaban J connectivity index is 4.64. The molecule has 0 aromatic rings. The van der Waals surface area contributed by atoms with E-state index in [-0.39, 0.29) is 18.2 Å². The molecule has 0 bridgehead atoms. The van der Waals surface area contributed by atoms with Crippen molar-refractivity contribution in [2.24, 2.45) is 17.4 Å². The summed E-state index contributed by atoms with van der Waals surface area (Å²) in [5, 5.41) is 2.52. The van der Waals surface area contributed by atoms with Gasteiger partial charge in [-0.25, -0.2) is 9.59 Å². The molecule has 1 unspecified atom stereocenters. The lowest BCUT2D eigenvalue weighted by Crippen LogP contribution is -2.45. The average molecular weight is 301 g/mol. The van der Waals surface area contributed by atoms with Crippen LogP contribution < -0.4 is 16.8 Å². The van der Waals surface area contributed by atoms with Gasteiger partial charge in [0.2, 0.25) is 0 Å². The maximum atomic E-state index is 12.0. The molecule has 0 spiro atoms. The third kappa shape index (κ3) is 9.59. The zero-order valence-corrected chi connectivity index (χ0v) is 13.4. The molecule has 0 aromatic carbocycles. The number of nitrogens with one attached hydrogen (secondary N) is 1. The second-order valence-corrected chi connectivity index (χ2v) is 6.18. The number of hydrogen-bond acceptors (Lipinski definition) is 6. The molecule has 0 saturated heterocycles. The predicted molar refractivity (Wildman–Crippen MR) is 80.0 cm³/mol. The lowest BCUT2D eigenvalue weighted by atomic mass is 10.0. The van der Waals surface area contributed by atoms with Crippen LogP contribution in [-0.4, -0.2) is 30.3 Å². The molecule has 0 rings (SSSR count). The summed E-state index contributed by atoms with van der Waals surface area (Å²) in [6.07, 6.45) is 0.934. The number of alkyl carbamates (subject to hydrolysis) is 1. The van der Waals surface area contributed by atoms with E-state index in [1.165, 1.54) is 0 Å². The highest BCUT2D eigenvalue weighted by molar-refractivity contribution is 5.81. The van der Waals surface area contributed by atoms with Crippen LogP contribution in [-0.2, 0) is 14.3 Å². The number of nitrogens with two attached hydrogens (primary N) is 2. The third-order valence-electron chi connectivity index (χ3n) is 2.28. The summed E-state index contributed by atoms with van der Waals surface area (Å²) < 4.78 is 10.1. The van der Waals surface area contributed by atoms with Crippen LogP contribution in [0.4, 0.5) is 4.79 Å². The first-order valence-electron chi connectivity index (χ1n) is 6.87. The molecule has 0 aliphatic rings. The summed E-state index contributed by atoms with van der Waals surface area (Å²) in [5.41, 5.74) is 10.3. The van der Waals surface area contributed by atoms with Gasteiger partial charge in [-0.15, -0.1) is 0 Å². The van der Waals surface area contributed by atoms with Crippen molar-refractivity contribution in [2.45, 2.75) is 52.7 Å². The summed E-state index contributed by atoms with van der Waals surface area (Å²) in [4.78, 5) is 23.7. The Morgan fingerprint density at radius 3 is 2.29 bits per heavy atom. The van der Waals surface area contributed by atoms with Gasteiger partial charge in [0.25, 0.3) is 0 Å². The van der Waals surface area contributed by atoms with E-state index >= 15 is 0 Å². The number of carbonyl (C=O) groups is 2. The minimum absolute atomic E-state index is 0.111. The van der Waals surface area contributed by atoms with E-state index in [4.69, 9.17) is 20.9 Å². The van der Waals surface area contributed by atoms with Gasteiger partial charge in [-0.05, 0) is 33.1 Å². The summed E-state index contributed by atoms with van der Waals surface area (Å²) in [6, 6.07) is -0.787. The van der Waals surface area contributed by atoms with E-state index in [0.717, 1.165) is 6.20 Å². The molecule has 7 heteroatoms. The Morgan fingerprint density at radius 1 is 1.29 bits per heavy atom. The number of esters is 1. The molecule has 0 fully saturated rings. The van der Waals surface area contributed by atoms with Gasteiger partial charge in [0.05, 0.1) is 5.70 Å². The highest BCUT2D eigenvalue weighted by atomic mass is 16.6. The fourth-order valence-electron chi connectivity index (χ4n) is 1.44. The fraction of sp³-hybridized carbons (Fsp3) is 0.714. The first-order chi connectivity index (χ1) is 9.55. The predicted octanol–water partition coefficient (Wildman–Crippen LogP) is 1.23. The average Bonchev–Trinajstić information content (AvgIpc) is 2.31. The topological polar surface area (TPSA) is 117 Å². The first-order valence-corrected chi connectivity index (χ1v) is 6.87. The van der Waals surface area contributed by atoms with Crippen molar-refractivity contribution in [3.05, 3.63) is 11.9 Å². The molecule has 1 atom stereocenters. The minimum atomic E-state index is -0.787. The zero-order chi connectivity index (χ0) is 16.6. The molecule has 0 heterocycles. The van der Waals surface area contributed by atoms with E-state index in [2.05, 4.69) is 5.32 Å². The largest absolute Gasteiger partial charge is 0.458 e. The first kappa shape index (κ1) is 19.1. The van der Waals surface area contributed by atoms with Gasteiger partial charge in [-0.1, -0.05) is 13.8 Å². The second-order valence-electron chi connectivity index (χ2n) is 6.18. The molecule has 0 aliphatic carbocycles. The molecular weight excluding hydrogens is 274 g/mol. The summed E-state index contributed by atoms with van der Waals surface area (Å²) in [5.74, 6) is -0.376. The molecule has 0 aliphatic heterocycles. The molecule has 0 radical (unpaired) electrons. The van der Waals surface area contributed by atoms with Crippen molar-refractivity contribution in [1.82, 2.24) is 5.32 Å². The van der Waals surface area contributed by atoms with E-state index in [1.807, 2.05) is 13.8 Å². The lowest BCUT2D eigenvalue weighted by Gasteiger charge is -2.23. The fourth-order valence-corrected chi connectivity index (χ4v) is 1.44. The number of carbonyl (C=O) groups excluding carboxylic acids is 2. The van der Waals surface area contributed by atoms with Crippen LogP contribution in [0, 0.1) is 5.92 Å². The molecule has 0 aromatic heterocycles. The van der Waals surface area contributed by atoms with E-state index in [9.17, 15) is 9.59 Å². The van der Waals surface area contributed by atoms with Gasteiger partial charge in [0, 0.05) is 6.20 Å². The summed E-state index contributed by atoms with van der Waals surface area (Å²) >= 11 is 0. The van der Waals surface area contributed by atoms with Crippen molar-refractivity contribution in [1.29, 1.82) is 0 Å². The van der Waals surface area contributed by atoms with Crippen molar-refractivity contribution in [3.63, 3.8) is 0 Å². The molecular formula is C14H27N3O4. The van der Waals surface area contributed by atoms with Crippen LogP contribution >= 0.6 is 0 Å². The summed E-state index contributed by atoms with van der Waals surface area (Å²) in [6.45, 7) is 9.00. The van der Waals surface area contributed by atoms with Crippen molar-refractivity contribution in [2.75, 3.05) is 6.61 Å². The Kier molecular flexibility index (Phi) is 7.62. The monoisotopic (exact) mass is 301 g/mol. The van der Waals surface area contributed by atoms with Gasteiger partial charge < -0.3 is 26.3 Å². The van der Waals surface area contributed by atoms with Crippen molar-refractivity contribution in [3.8, 4) is 0 Å². The number of hydrogen-bond donors (Lipinski definition) is 3. The van der Waals surface area contributed by atoms with Gasteiger partial charge >= 0.3 is 12.1 Å². The highest BCUT2D eigenvalue weighted by Crippen LogP contribution is 2.10. The number of ether oxygens (including phenoxy) is 2. The quantitative estimate of drug-likeness (QED) is 0.635. The maximum absolute atomic E-state index is 12.0. The minimum Gasteiger partial charge on any atom is -0.458 e. The molecule has 21 heavy (non-hydrogen) atoms. The molecule has 7 nitrogen and oxygen atoms in total. The van der Waals surface area contributed by atoms with Gasteiger partial charge in [-0.2, -0.15) is 0 Å². The number of amides is 1. The zero-order valence-electron chi connectivity index (χ0n) is 13.4. The smallest absolute Gasteiger partial charge is 0.408 e. The molecule has 1 amide bonds.